The molecule has 0 atom stereocenters. The van der Waals surface area contributed by atoms with Crippen LogP contribution in [-0.4, -0.2) is 9.55 Å². The number of halogens is 1. The van der Waals surface area contributed by atoms with Gasteiger partial charge in [0.2, 0.25) is 5.95 Å². The smallest absolute Gasteiger partial charge is 0.205 e. The van der Waals surface area contributed by atoms with Crippen molar-refractivity contribution in [2.24, 2.45) is 0 Å². The molecule has 18 heavy (non-hydrogen) atoms. The lowest BCUT2D eigenvalue weighted by Crippen LogP contribution is -2.01. The fraction of sp³-hybridized carbons (Fsp3) is 0.0714. The molecule has 0 aliphatic rings. The van der Waals surface area contributed by atoms with Gasteiger partial charge in [-0.05, 0) is 36.8 Å². The molecular weight excluding hydrogens is 229 g/mol. The Morgan fingerprint density at radius 1 is 1.17 bits per heavy atom. The summed E-state index contributed by atoms with van der Waals surface area (Å²) in [7, 11) is 0. The maximum absolute atomic E-state index is 13.6. The van der Waals surface area contributed by atoms with E-state index in [9.17, 15) is 4.39 Å². The Hall–Kier alpha value is -2.36. The predicted molar refractivity (Wildman–Crippen MR) is 70.2 cm³/mol. The predicted octanol–water partition coefficient (Wildman–Crippen LogP) is 3.06. The zero-order valence-electron chi connectivity index (χ0n) is 9.89. The van der Waals surface area contributed by atoms with Crippen molar-refractivity contribution >= 4 is 17.0 Å². The average molecular weight is 241 g/mol. The topological polar surface area (TPSA) is 43.8 Å². The van der Waals surface area contributed by atoms with E-state index in [-0.39, 0.29) is 5.82 Å². The van der Waals surface area contributed by atoms with Gasteiger partial charge in [0.1, 0.15) is 5.82 Å². The number of nitrogens with zero attached hydrogens (tertiary/aromatic N) is 2. The van der Waals surface area contributed by atoms with E-state index < -0.39 is 0 Å². The van der Waals surface area contributed by atoms with Gasteiger partial charge in [0, 0.05) is 0 Å². The number of nitrogens with two attached hydrogens (primary N) is 1. The van der Waals surface area contributed by atoms with Crippen LogP contribution in [0, 0.1) is 12.7 Å². The zero-order chi connectivity index (χ0) is 12.7. The van der Waals surface area contributed by atoms with Crippen LogP contribution in [0.4, 0.5) is 10.3 Å². The Balaban J connectivity index is 2.30. The van der Waals surface area contributed by atoms with Crippen LogP contribution in [0.2, 0.25) is 0 Å². The van der Waals surface area contributed by atoms with Crippen LogP contribution in [0.1, 0.15) is 5.56 Å². The highest BCUT2D eigenvalue weighted by Gasteiger charge is 2.10. The Morgan fingerprint density at radius 2 is 1.94 bits per heavy atom. The number of anilines is 1. The first-order valence-electron chi connectivity index (χ1n) is 5.66. The van der Waals surface area contributed by atoms with Gasteiger partial charge >= 0.3 is 0 Å². The molecule has 0 spiro atoms. The summed E-state index contributed by atoms with van der Waals surface area (Å²) in [6, 6.07) is 12.6. The third kappa shape index (κ3) is 1.54. The second-order valence-electron chi connectivity index (χ2n) is 4.23. The standard InChI is InChI=1S/C14H12FN3/c1-9-6-7-10(8-11(9)15)18-13-5-3-2-4-12(13)17-14(18)16/h2-8H,1H3,(H2,16,17). The van der Waals surface area contributed by atoms with Crippen molar-refractivity contribution in [1.82, 2.24) is 9.55 Å². The van der Waals surface area contributed by atoms with Crippen molar-refractivity contribution in [3.8, 4) is 5.69 Å². The van der Waals surface area contributed by atoms with Gasteiger partial charge in [0.05, 0.1) is 16.7 Å². The molecule has 0 saturated heterocycles. The highest BCUT2D eigenvalue weighted by Crippen LogP contribution is 2.23. The maximum atomic E-state index is 13.6. The fourth-order valence-electron chi connectivity index (χ4n) is 2.04. The Labute approximate surface area is 104 Å². The number of rotatable bonds is 1. The molecular formula is C14H12FN3. The fourth-order valence-corrected chi connectivity index (χ4v) is 2.04. The van der Waals surface area contributed by atoms with E-state index in [1.807, 2.05) is 30.3 Å². The lowest BCUT2D eigenvalue weighted by Gasteiger charge is -2.07. The van der Waals surface area contributed by atoms with Crippen LogP contribution in [0.5, 0.6) is 0 Å². The highest BCUT2D eigenvalue weighted by atomic mass is 19.1. The number of aromatic nitrogens is 2. The molecule has 2 N–H and O–H groups in total. The molecule has 1 aromatic heterocycles. The number of benzene rings is 2. The normalized spacial score (nSPS) is 11.0. The average Bonchev–Trinajstić information content (AvgIpc) is 2.69. The van der Waals surface area contributed by atoms with Gasteiger partial charge in [0.25, 0.3) is 0 Å². The third-order valence-corrected chi connectivity index (χ3v) is 3.00. The van der Waals surface area contributed by atoms with E-state index in [4.69, 9.17) is 5.73 Å². The minimum absolute atomic E-state index is 0.246. The molecule has 0 amide bonds. The first-order valence-corrected chi connectivity index (χ1v) is 5.66. The first-order chi connectivity index (χ1) is 8.66. The number of imidazole rings is 1. The lowest BCUT2D eigenvalue weighted by atomic mass is 10.2. The van der Waals surface area contributed by atoms with Crippen molar-refractivity contribution in [3.63, 3.8) is 0 Å². The van der Waals surface area contributed by atoms with Crippen LogP contribution in [0.3, 0.4) is 0 Å². The summed E-state index contributed by atoms with van der Waals surface area (Å²) < 4.78 is 15.4. The summed E-state index contributed by atoms with van der Waals surface area (Å²) >= 11 is 0. The third-order valence-electron chi connectivity index (χ3n) is 3.00. The van der Waals surface area contributed by atoms with Gasteiger partial charge in [0.15, 0.2) is 0 Å². The van der Waals surface area contributed by atoms with Gasteiger partial charge < -0.3 is 5.73 Å². The highest BCUT2D eigenvalue weighted by molar-refractivity contribution is 5.80. The Morgan fingerprint density at radius 3 is 2.72 bits per heavy atom. The number of fused-ring (bicyclic) bond motifs is 1. The van der Waals surface area contributed by atoms with Gasteiger partial charge in [-0.15, -0.1) is 0 Å². The first kappa shape index (κ1) is 10.8. The van der Waals surface area contributed by atoms with E-state index >= 15 is 0 Å². The second-order valence-corrected chi connectivity index (χ2v) is 4.23. The van der Waals surface area contributed by atoms with Crippen molar-refractivity contribution in [1.29, 1.82) is 0 Å². The summed E-state index contributed by atoms with van der Waals surface area (Å²) in [5.41, 5.74) is 8.88. The minimum atomic E-state index is -0.246. The summed E-state index contributed by atoms with van der Waals surface area (Å²) in [6.45, 7) is 1.73. The summed E-state index contributed by atoms with van der Waals surface area (Å²) in [5.74, 6) is 0.115. The van der Waals surface area contributed by atoms with Crippen molar-refractivity contribution < 1.29 is 4.39 Å². The van der Waals surface area contributed by atoms with Crippen LogP contribution < -0.4 is 5.73 Å². The van der Waals surface area contributed by atoms with Crippen LogP contribution in [0.15, 0.2) is 42.5 Å². The molecule has 0 bridgehead atoms. The molecule has 90 valence electrons. The molecule has 2 aromatic carbocycles. The largest absolute Gasteiger partial charge is 0.369 e. The quantitative estimate of drug-likeness (QED) is 0.711. The van der Waals surface area contributed by atoms with E-state index in [1.165, 1.54) is 6.07 Å². The summed E-state index contributed by atoms with van der Waals surface area (Å²) in [6.07, 6.45) is 0. The number of hydrogen-bond donors (Lipinski definition) is 1. The molecule has 0 unspecified atom stereocenters. The monoisotopic (exact) mass is 241 g/mol. The number of para-hydroxylation sites is 2. The molecule has 0 aliphatic heterocycles. The number of nitrogen functional groups attached to an aromatic ring is 1. The number of aryl methyl sites for hydroxylation is 1. The van der Waals surface area contributed by atoms with Gasteiger partial charge in [-0.2, -0.15) is 0 Å². The van der Waals surface area contributed by atoms with Crippen LogP contribution in [-0.2, 0) is 0 Å². The SMILES string of the molecule is Cc1ccc(-n2c(N)nc3ccccc32)cc1F. The number of hydrogen-bond acceptors (Lipinski definition) is 2. The molecule has 1 heterocycles. The molecule has 3 aromatic rings. The van der Waals surface area contributed by atoms with Gasteiger partial charge in [-0.25, -0.2) is 9.37 Å². The Kier molecular flexibility index (Phi) is 2.30. The van der Waals surface area contributed by atoms with Crippen LogP contribution >= 0.6 is 0 Å². The second kappa shape index (κ2) is 3.84. The molecule has 3 rings (SSSR count). The molecule has 0 aliphatic carbocycles. The van der Waals surface area contributed by atoms with Crippen molar-refractivity contribution in [2.75, 3.05) is 5.73 Å². The Bertz CT molecular complexity index is 731. The minimum Gasteiger partial charge on any atom is -0.369 e. The molecule has 0 radical (unpaired) electrons. The zero-order valence-corrected chi connectivity index (χ0v) is 9.89. The summed E-state index contributed by atoms with van der Waals surface area (Å²) in [5, 5.41) is 0. The van der Waals surface area contributed by atoms with Crippen LogP contribution in [0.25, 0.3) is 16.7 Å². The van der Waals surface area contributed by atoms with Crippen molar-refractivity contribution in [2.45, 2.75) is 6.92 Å². The molecule has 4 heteroatoms. The lowest BCUT2D eigenvalue weighted by molar-refractivity contribution is 0.617. The molecule has 3 nitrogen and oxygen atoms in total. The van der Waals surface area contributed by atoms with E-state index in [2.05, 4.69) is 4.98 Å². The van der Waals surface area contributed by atoms with E-state index in [0.29, 0.717) is 17.2 Å². The van der Waals surface area contributed by atoms with Crippen molar-refractivity contribution in [3.05, 3.63) is 53.8 Å². The maximum Gasteiger partial charge on any atom is 0.205 e. The molecule has 0 fully saturated rings. The van der Waals surface area contributed by atoms with Gasteiger partial charge in [-0.3, -0.25) is 4.57 Å². The van der Waals surface area contributed by atoms with Gasteiger partial charge in [-0.1, -0.05) is 18.2 Å². The van der Waals surface area contributed by atoms with E-state index in [0.717, 1.165) is 11.0 Å². The molecule has 0 saturated carbocycles. The summed E-state index contributed by atoms with van der Waals surface area (Å²) in [4.78, 5) is 4.26. The van der Waals surface area contributed by atoms with E-state index in [1.54, 1.807) is 17.6 Å².